The Bertz CT molecular complexity index is 463. The Kier molecular flexibility index (Phi) is 4.19. The molecule has 2 heteroatoms. The third-order valence-corrected chi connectivity index (χ3v) is 3.80. The second kappa shape index (κ2) is 5.65. The largest absolute Gasteiger partial charge is 0.0876 e. The number of hydrogen-bond donors (Lipinski definition) is 0. The Morgan fingerprint density at radius 2 is 1.56 bits per heavy atom. The van der Waals surface area contributed by atoms with Crippen LogP contribution in [0.15, 0.2) is 48.5 Å². The first kappa shape index (κ1) is 11.9. The average Bonchev–Trinajstić information content (AvgIpc) is 2.39. The maximum Gasteiger partial charge on any atom is 0.0289 e. The van der Waals surface area contributed by atoms with Crippen molar-refractivity contribution in [3.8, 4) is 11.1 Å². The zero-order valence-electron chi connectivity index (χ0n) is 8.79. The lowest BCUT2D eigenvalue weighted by molar-refractivity contribution is 1.35. The van der Waals surface area contributed by atoms with Gasteiger partial charge in [-0.1, -0.05) is 80.4 Å². The van der Waals surface area contributed by atoms with Crippen LogP contribution in [-0.4, -0.2) is 0 Å². The molecule has 82 valence electrons. The van der Waals surface area contributed by atoms with Crippen LogP contribution in [0, 0.1) is 0 Å². The minimum Gasteiger partial charge on any atom is -0.0876 e. The highest BCUT2D eigenvalue weighted by molar-refractivity contribution is 9.08. The van der Waals surface area contributed by atoms with Gasteiger partial charge in [0.25, 0.3) is 0 Å². The zero-order valence-corrected chi connectivity index (χ0v) is 12.0. The maximum atomic E-state index is 3.55. The molecule has 0 spiro atoms. The highest BCUT2D eigenvalue weighted by atomic mass is 79.9. The summed E-state index contributed by atoms with van der Waals surface area (Å²) in [6.07, 6.45) is 0. The molecule has 0 bridgehead atoms. The predicted octanol–water partition coefficient (Wildman–Crippen LogP) is 5.14. The molecule has 2 rings (SSSR count). The van der Waals surface area contributed by atoms with Crippen molar-refractivity contribution in [3.05, 3.63) is 59.7 Å². The van der Waals surface area contributed by atoms with Gasteiger partial charge in [-0.25, -0.2) is 0 Å². The molecule has 0 fully saturated rings. The Morgan fingerprint density at radius 3 is 2.19 bits per heavy atom. The summed E-state index contributed by atoms with van der Waals surface area (Å²) in [6.45, 7) is 0. The van der Waals surface area contributed by atoms with Crippen LogP contribution in [0.1, 0.15) is 11.1 Å². The van der Waals surface area contributed by atoms with Crippen molar-refractivity contribution in [2.45, 2.75) is 10.7 Å². The van der Waals surface area contributed by atoms with Crippen LogP contribution in [0.3, 0.4) is 0 Å². The van der Waals surface area contributed by atoms with Gasteiger partial charge < -0.3 is 0 Å². The van der Waals surface area contributed by atoms with Gasteiger partial charge in [-0.2, -0.15) is 0 Å². The summed E-state index contributed by atoms with van der Waals surface area (Å²) < 4.78 is 0. The molecular formula is C14H12Br2. The summed E-state index contributed by atoms with van der Waals surface area (Å²) in [7, 11) is 0. The van der Waals surface area contributed by atoms with Gasteiger partial charge >= 0.3 is 0 Å². The highest BCUT2D eigenvalue weighted by Crippen LogP contribution is 2.26. The number of alkyl halides is 2. The van der Waals surface area contributed by atoms with Crippen molar-refractivity contribution in [2.75, 3.05) is 0 Å². The Labute approximate surface area is 113 Å². The van der Waals surface area contributed by atoms with Crippen molar-refractivity contribution in [2.24, 2.45) is 0 Å². The van der Waals surface area contributed by atoms with Gasteiger partial charge in [-0.15, -0.1) is 0 Å². The van der Waals surface area contributed by atoms with Gasteiger partial charge in [0.05, 0.1) is 0 Å². The molecule has 2 aromatic carbocycles. The number of halogens is 2. The fourth-order valence-corrected chi connectivity index (χ4v) is 2.55. The fraction of sp³-hybridized carbons (Fsp3) is 0.143. The van der Waals surface area contributed by atoms with Crippen molar-refractivity contribution in [1.82, 2.24) is 0 Å². The summed E-state index contributed by atoms with van der Waals surface area (Å²) in [5, 5.41) is 1.79. The lowest BCUT2D eigenvalue weighted by Gasteiger charge is -2.09. The summed E-state index contributed by atoms with van der Waals surface area (Å²) in [5.41, 5.74) is 5.23. The summed E-state index contributed by atoms with van der Waals surface area (Å²) in [5.74, 6) is 0. The van der Waals surface area contributed by atoms with Gasteiger partial charge in [0.2, 0.25) is 0 Å². The average molecular weight is 340 g/mol. The normalized spacial score (nSPS) is 10.4. The quantitative estimate of drug-likeness (QED) is 0.679. The van der Waals surface area contributed by atoms with Crippen LogP contribution < -0.4 is 0 Å². The Balaban J connectivity index is 2.49. The van der Waals surface area contributed by atoms with E-state index in [-0.39, 0.29) is 0 Å². The van der Waals surface area contributed by atoms with E-state index in [0.717, 1.165) is 10.7 Å². The van der Waals surface area contributed by atoms with E-state index in [1.807, 2.05) is 6.07 Å². The SMILES string of the molecule is BrCc1ccc(-c2ccccc2)c(CBr)c1. The molecule has 0 aliphatic carbocycles. The van der Waals surface area contributed by atoms with E-state index in [0.29, 0.717) is 0 Å². The van der Waals surface area contributed by atoms with Gasteiger partial charge in [-0.3, -0.25) is 0 Å². The third-order valence-electron chi connectivity index (χ3n) is 2.55. The second-order valence-electron chi connectivity index (χ2n) is 3.62. The van der Waals surface area contributed by atoms with Crippen molar-refractivity contribution in [1.29, 1.82) is 0 Å². The Hall–Kier alpha value is -0.600. The monoisotopic (exact) mass is 338 g/mol. The van der Waals surface area contributed by atoms with Gasteiger partial charge in [0, 0.05) is 10.7 Å². The van der Waals surface area contributed by atoms with E-state index in [1.54, 1.807) is 0 Å². The van der Waals surface area contributed by atoms with Crippen LogP contribution in [0.5, 0.6) is 0 Å². The molecule has 0 aliphatic heterocycles. The number of rotatable bonds is 3. The predicted molar refractivity (Wildman–Crippen MR) is 77.1 cm³/mol. The standard InChI is InChI=1S/C14H12Br2/c15-9-11-6-7-14(13(8-11)10-16)12-4-2-1-3-5-12/h1-8H,9-10H2. The number of benzene rings is 2. The summed E-state index contributed by atoms with van der Waals surface area (Å²) in [6, 6.07) is 17.1. The molecule has 0 nitrogen and oxygen atoms in total. The third kappa shape index (κ3) is 2.55. The molecule has 0 aliphatic rings. The zero-order chi connectivity index (χ0) is 11.4. The number of hydrogen-bond acceptors (Lipinski definition) is 0. The van der Waals surface area contributed by atoms with Crippen LogP contribution in [0.2, 0.25) is 0 Å². The van der Waals surface area contributed by atoms with E-state index >= 15 is 0 Å². The molecule has 2 aromatic rings. The molecule has 0 saturated heterocycles. The molecule has 16 heavy (non-hydrogen) atoms. The van der Waals surface area contributed by atoms with E-state index in [1.165, 1.54) is 22.3 Å². The first-order valence-corrected chi connectivity index (χ1v) is 7.38. The molecule has 0 saturated carbocycles. The van der Waals surface area contributed by atoms with Crippen molar-refractivity contribution >= 4 is 31.9 Å². The second-order valence-corrected chi connectivity index (χ2v) is 4.75. The highest BCUT2D eigenvalue weighted by Gasteiger charge is 2.04. The topological polar surface area (TPSA) is 0 Å². The molecule has 0 atom stereocenters. The molecular weight excluding hydrogens is 328 g/mol. The molecule has 0 heterocycles. The van der Waals surface area contributed by atoms with Crippen LogP contribution in [0.4, 0.5) is 0 Å². The van der Waals surface area contributed by atoms with Gasteiger partial charge in [0.15, 0.2) is 0 Å². The van der Waals surface area contributed by atoms with E-state index in [9.17, 15) is 0 Å². The smallest absolute Gasteiger partial charge is 0.0289 e. The van der Waals surface area contributed by atoms with Crippen LogP contribution in [0.25, 0.3) is 11.1 Å². The van der Waals surface area contributed by atoms with Crippen molar-refractivity contribution < 1.29 is 0 Å². The molecule has 0 amide bonds. The first-order valence-electron chi connectivity index (χ1n) is 5.14. The summed E-state index contributed by atoms with van der Waals surface area (Å²) in [4.78, 5) is 0. The van der Waals surface area contributed by atoms with Crippen LogP contribution >= 0.6 is 31.9 Å². The van der Waals surface area contributed by atoms with E-state index in [2.05, 4.69) is 74.3 Å². The Morgan fingerprint density at radius 1 is 0.812 bits per heavy atom. The first-order chi connectivity index (χ1) is 7.85. The minimum atomic E-state index is 0.887. The molecule has 0 aromatic heterocycles. The lowest BCUT2D eigenvalue weighted by Crippen LogP contribution is -1.88. The van der Waals surface area contributed by atoms with Crippen LogP contribution in [-0.2, 0) is 10.7 Å². The van der Waals surface area contributed by atoms with Crippen molar-refractivity contribution in [3.63, 3.8) is 0 Å². The fourth-order valence-electron chi connectivity index (χ4n) is 1.74. The van der Waals surface area contributed by atoms with E-state index in [4.69, 9.17) is 0 Å². The maximum absolute atomic E-state index is 3.55. The molecule has 0 N–H and O–H groups in total. The molecule has 0 radical (unpaired) electrons. The molecule has 0 unspecified atom stereocenters. The van der Waals surface area contributed by atoms with E-state index < -0.39 is 0 Å². The summed E-state index contributed by atoms with van der Waals surface area (Å²) >= 11 is 7.04. The van der Waals surface area contributed by atoms with Gasteiger partial charge in [-0.05, 0) is 22.3 Å². The minimum absolute atomic E-state index is 0.887. The van der Waals surface area contributed by atoms with Gasteiger partial charge in [0.1, 0.15) is 0 Å². The lowest BCUT2D eigenvalue weighted by atomic mass is 9.99.